The molecule has 0 fully saturated rings. The Kier molecular flexibility index (Phi) is 2150. The number of hydrazine groups is 1. The van der Waals surface area contributed by atoms with E-state index in [1.807, 2.05) is 0 Å². The van der Waals surface area contributed by atoms with Crippen LogP contribution in [0.3, 0.4) is 0 Å². The molecule has 0 aromatic carbocycles. The van der Waals surface area contributed by atoms with Crippen LogP contribution in [0, 0.1) is 0 Å². The first-order valence-corrected chi connectivity index (χ1v) is 0.333. The Balaban J connectivity index is -0.000000000500. The summed E-state index contributed by atoms with van der Waals surface area (Å²) >= 11 is 0. The summed E-state index contributed by atoms with van der Waals surface area (Å²) < 4.78 is 0. The van der Waals surface area contributed by atoms with E-state index in [9.17, 15) is 0 Å². The summed E-state index contributed by atoms with van der Waals surface area (Å²) in [7, 11) is 0. The second-order valence-electron chi connectivity index (χ2n) is 0. The van der Waals surface area contributed by atoms with E-state index in [1.54, 1.807) is 0 Å². The Morgan fingerprint density at radius 1 is 0.714 bits per heavy atom. The maximum Gasteiger partial charge on any atom is 3.00 e. The van der Waals surface area contributed by atoms with E-state index < -0.39 is 0 Å². The fourth-order valence-corrected chi connectivity index (χ4v) is 0. The SMILES string of the molecule is NN.O.[Cl-].[Cl-].[Cl-].[Fe+3]. The zero-order chi connectivity index (χ0) is 2.00. The zero-order valence-electron chi connectivity index (χ0n) is 3.14. The monoisotopic (exact) mass is 211 g/mol. The van der Waals surface area contributed by atoms with Crippen molar-refractivity contribution in [1.82, 2.24) is 0 Å². The van der Waals surface area contributed by atoms with Gasteiger partial charge in [0.2, 0.25) is 0 Å². The van der Waals surface area contributed by atoms with Gasteiger partial charge in [-0.2, -0.15) is 0 Å². The topological polar surface area (TPSA) is 83.5 Å². The van der Waals surface area contributed by atoms with Crippen LogP contribution < -0.4 is 48.9 Å². The van der Waals surface area contributed by atoms with E-state index in [0.717, 1.165) is 0 Å². The van der Waals surface area contributed by atoms with Gasteiger partial charge in [-0.25, -0.2) is 0 Å². The minimum atomic E-state index is 0. The predicted octanol–water partition coefficient (Wildman–Crippen LogP) is -11.0. The van der Waals surface area contributed by atoms with Crippen molar-refractivity contribution < 1.29 is 59.8 Å². The van der Waals surface area contributed by atoms with Crippen molar-refractivity contribution in [1.29, 1.82) is 0 Å². The number of nitrogens with two attached hydrogens (primary N) is 2. The number of rotatable bonds is 0. The Bertz CT molecular complexity index is 12.9. The zero-order valence-corrected chi connectivity index (χ0v) is 6.51. The van der Waals surface area contributed by atoms with E-state index in [2.05, 4.69) is 11.7 Å². The summed E-state index contributed by atoms with van der Waals surface area (Å²) in [5.74, 6) is 8.00. The molecule has 3 nitrogen and oxygen atoms in total. The Morgan fingerprint density at radius 2 is 0.714 bits per heavy atom. The molecule has 0 aliphatic carbocycles. The van der Waals surface area contributed by atoms with Crippen LogP contribution >= 0.6 is 0 Å². The largest absolute Gasteiger partial charge is 3.00 e. The van der Waals surface area contributed by atoms with Crippen molar-refractivity contribution in [2.75, 3.05) is 0 Å². The molecule has 0 aromatic rings. The van der Waals surface area contributed by atoms with Crippen LogP contribution in [-0.2, 0) is 17.1 Å². The first kappa shape index (κ1) is 84.8. The molecule has 0 unspecified atom stereocenters. The summed E-state index contributed by atoms with van der Waals surface area (Å²) in [5.41, 5.74) is 0. The fourth-order valence-electron chi connectivity index (χ4n) is 0. The van der Waals surface area contributed by atoms with Crippen molar-refractivity contribution in [3.8, 4) is 0 Å². The van der Waals surface area contributed by atoms with Gasteiger partial charge in [0, 0.05) is 0 Å². The molecule has 0 aromatic heterocycles. The Labute approximate surface area is 71.6 Å². The van der Waals surface area contributed by atoms with Gasteiger partial charge in [-0.05, 0) is 0 Å². The molecule has 0 spiro atoms. The third-order valence-electron chi connectivity index (χ3n) is 0. The van der Waals surface area contributed by atoms with Gasteiger partial charge >= 0.3 is 17.1 Å². The summed E-state index contributed by atoms with van der Waals surface area (Å²) in [6.45, 7) is 0. The molecule has 7 heavy (non-hydrogen) atoms. The second kappa shape index (κ2) is 177. The molecular formula is H6Cl3FeN2O. The molecule has 0 amide bonds. The van der Waals surface area contributed by atoms with Crippen LogP contribution in [0.2, 0.25) is 0 Å². The normalized spacial score (nSPS) is 0.857. The molecule has 6 N–H and O–H groups in total. The molecule has 0 heterocycles. The van der Waals surface area contributed by atoms with Gasteiger partial charge in [0.25, 0.3) is 0 Å². The van der Waals surface area contributed by atoms with Crippen molar-refractivity contribution >= 4 is 0 Å². The van der Waals surface area contributed by atoms with Gasteiger partial charge in [0.1, 0.15) is 0 Å². The minimum absolute atomic E-state index is 0. The van der Waals surface area contributed by atoms with Crippen molar-refractivity contribution in [3.63, 3.8) is 0 Å². The van der Waals surface area contributed by atoms with Gasteiger partial charge in [-0.1, -0.05) is 0 Å². The van der Waals surface area contributed by atoms with E-state index in [-0.39, 0.29) is 59.8 Å². The van der Waals surface area contributed by atoms with Gasteiger partial charge in [0.15, 0.2) is 0 Å². The minimum Gasteiger partial charge on any atom is -1.00 e. The van der Waals surface area contributed by atoms with Crippen LogP contribution in [-0.4, -0.2) is 5.48 Å². The molecule has 7 heteroatoms. The van der Waals surface area contributed by atoms with Gasteiger partial charge in [-0.15, -0.1) is 0 Å². The molecule has 0 aliphatic heterocycles. The molecule has 0 aliphatic rings. The molecule has 1 radical (unpaired) electrons. The van der Waals surface area contributed by atoms with E-state index in [0.29, 0.717) is 0 Å². The molecular weight excluding hydrogens is 206 g/mol. The Morgan fingerprint density at radius 3 is 0.714 bits per heavy atom. The molecule has 0 atom stereocenters. The second-order valence-corrected chi connectivity index (χ2v) is 0. The molecule has 0 rings (SSSR count). The van der Waals surface area contributed by atoms with E-state index >= 15 is 0 Å². The molecule has 0 bridgehead atoms. The average molecular weight is 212 g/mol. The third-order valence-corrected chi connectivity index (χ3v) is 0. The molecule has 0 saturated carbocycles. The van der Waals surface area contributed by atoms with Crippen LogP contribution in [0.25, 0.3) is 0 Å². The standard InChI is InChI=1S/3ClH.Fe.H4N2.H2O/c;;;;1-2;/h3*1H;;1-2H2;1H2/q;;;+3;;/p-3. The van der Waals surface area contributed by atoms with Crippen LogP contribution in [0.5, 0.6) is 0 Å². The first-order chi connectivity index (χ1) is 1.00. The van der Waals surface area contributed by atoms with Crippen molar-refractivity contribution in [2.24, 2.45) is 11.7 Å². The summed E-state index contributed by atoms with van der Waals surface area (Å²) in [6.07, 6.45) is 0. The summed E-state index contributed by atoms with van der Waals surface area (Å²) in [6, 6.07) is 0. The predicted molar refractivity (Wildman–Crippen MR) is 12.0 cm³/mol. The van der Waals surface area contributed by atoms with Gasteiger partial charge in [-0.3, -0.25) is 11.7 Å². The number of hydrogen-bond donors (Lipinski definition) is 2. The van der Waals surface area contributed by atoms with Gasteiger partial charge < -0.3 is 42.7 Å². The summed E-state index contributed by atoms with van der Waals surface area (Å²) in [4.78, 5) is 0. The maximum atomic E-state index is 4.00. The molecule has 51 valence electrons. The van der Waals surface area contributed by atoms with Gasteiger partial charge in [0.05, 0.1) is 0 Å². The first-order valence-electron chi connectivity index (χ1n) is 0.333. The number of hydrogen-bond acceptors (Lipinski definition) is 2. The third kappa shape index (κ3) is 125. The van der Waals surface area contributed by atoms with Crippen LogP contribution in [0.4, 0.5) is 0 Å². The Hall–Kier alpha value is 1.27. The fraction of sp³-hybridized carbons (Fsp3) is 0. The quantitative estimate of drug-likeness (QED) is 0.237. The number of halogens is 3. The molecule has 0 saturated heterocycles. The smallest absolute Gasteiger partial charge is 1.00 e. The van der Waals surface area contributed by atoms with Crippen LogP contribution in [0.1, 0.15) is 0 Å². The van der Waals surface area contributed by atoms with Crippen molar-refractivity contribution in [2.45, 2.75) is 0 Å². The van der Waals surface area contributed by atoms with E-state index in [1.165, 1.54) is 0 Å². The summed E-state index contributed by atoms with van der Waals surface area (Å²) in [5, 5.41) is 0. The van der Waals surface area contributed by atoms with Crippen LogP contribution in [0.15, 0.2) is 0 Å². The van der Waals surface area contributed by atoms with Crippen molar-refractivity contribution in [3.05, 3.63) is 0 Å². The maximum absolute atomic E-state index is 4.00. The average Bonchev–Trinajstić information content (AvgIpc) is 1.00. The van der Waals surface area contributed by atoms with E-state index in [4.69, 9.17) is 0 Å².